The van der Waals surface area contributed by atoms with Crippen molar-refractivity contribution in [1.29, 1.82) is 0 Å². The van der Waals surface area contributed by atoms with E-state index in [0.717, 1.165) is 0 Å². The van der Waals surface area contributed by atoms with E-state index >= 15 is 0 Å². The van der Waals surface area contributed by atoms with Crippen molar-refractivity contribution in [2.24, 2.45) is 0 Å². The molecule has 0 saturated heterocycles. The molecule has 0 aliphatic rings. The molecule has 0 amide bonds. The molecule has 0 aliphatic heterocycles. The highest BCUT2D eigenvalue weighted by Gasteiger charge is 1.80. The molecule has 0 heterocycles. The van der Waals surface area contributed by atoms with Crippen LogP contribution in [-0.2, 0) is 0 Å². The van der Waals surface area contributed by atoms with Crippen LogP contribution in [0, 0.1) is 0 Å². The summed E-state index contributed by atoms with van der Waals surface area (Å²) in [5.41, 5.74) is 0. The van der Waals surface area contributed by atoms with E-state index < -0.39 is 0 Å². The topological polar surface area (TPSA) is 3.24 Å². The molecule has 0 fully saturated rings. The van der Waals surface area contributed by atoms with Gasteiger partial charge in [-0.25, -0.2) is 0 Å². The molecule has 0 bridgehead atoms. The molecule has 0 aromatic heterocycles. The van der Waals surface area contributed by atoms with Crippen molar-refractivity contribution in [2.45, 2.75) is 46.0 Å². The van der Waals surface area contributed by atoms with Crippen LogP contribution in [0.2, 0.25) is 0 Å². The maximum absolute atomic E-state index is 2.25. The van der Waals surface area contributed by atoms with E-state index in [1.54, 1.807) is 0 Å². The van der Waals surface area contributed by atoms with Crippen molar-refractivity contribution in [3.05, 3.63) is 0 Å². The number of hydrogen-bond donors (Lipinski definition) is 0. The molecule has 0 radical (unpaired) electrons. The summed E-state index contributed by atoms with van der Waals surface area (Å²) in [5, 5.41) is 0. The van der Waals surface area contributed by atoms with E-state index in [-0.39, 0.29) is 0 Å². The molecule has 11 heavy (non-hydrogen) atoms. The summed E-state index contributed by atoms with van der Waals surface area (Å²) in [5.74, 6) is 0. The number of hydrogen-bond acceptors (Lipinski definition) is 1. The summed E-state index contributed by atoms with van der Waals surface area (Å²) in [4.78, 5) is 2.00. The van der Waals surface area contributed by atoms with Gasteiger partial charge in [-0.2, -0.15) is 0 Å². The maximum atomic E-state index is 2.25. The highest BCUT2D eigenvalue weighted by Crippen LogP contribution is 2.00. The zero-order valence-electron chi connectivity index (χ0n) is 8.98. The zero-order valence-corrected chi connectivity index (χ0v) is 8.98. The van der Waals surface area contributed by atoms with Gasteiger partial charge in [-0.05, 0) is 21.1 Å². The highest BCUT2D eigenvalue weighted by molar-refractivity contribution is 4.35. The maximum Gasteiger partial charge on any atom is -0.0140 e. The van der Waals surface area contributed by atoms with E-state index in [9.17, 15) is 0 Å². The van der Waals surface area contributed by atoms with Gasteiger partial charge < -0.3 is 4.90 Å². The van der Waals surface area contributed by atoms with Gasteiger partial charge in [0.1, 0.15) is 0 Å². The third kappa shape index (κ3) is 40.2. The van der Waals surface area contributed by atoms with Crippen molar-refractivity contribution >= 4 is 0 Å². The predicted molar refractivity (Wildman–Crippen MR) is 54.0 cm³/mol. The molecule has 0 atom stereocenters. The van der Waals surface area contributed by atoms with Crippen LogP contribution in [0.4, 0.5) is 0 Å². The van der Waals surface area contributed by atoms with Gasteiger partial charge in [0.2, 0.25) is 0 Å². The molecule has 0 spiro atoms. The minimum Gasteiger partial charge on any atom is -0.312 e. The molecular weight excluding hydrogens is 134 g/mol. The molecule has 0 aromatic carbocycles. The molecule has 70 valence electrons. The molecular formula is C10H25N. The van der Waals surface area contributed by atoms with Crippen LogP contribution >= 0.6 is 0 Å². The Bertz CT molecular complexity index is 44.1. The van der Waals surface area contributed by atoms with Gasteiger partial charge in [-0.1, -0.05) is 46.0 Å². The lowest BCUT2D eigenvalue weighted by molar-refractivity contribution is 0.505. The van der Waals surface area contributed by atoms with Gasteiger partial charge in [-0.15, -0.1) is 0 Å². The molecule has 0 aliphatic carbocycles. The molecule has 0 N–H and O–H groups in total. The first-order chi connectivity index (χ1) is 5.15. The SMILES string of the molecule is CCCCCCC.CN(C)C. The third-order valence-corrected chi connectivity index (χ3v) is 1.21. The molecule has 0 rings (SSSR count). The first-order valence-corrected chi connectivity index (χ1v) is 4.76. The molecule has 0 unspecified atom stereocenters. The Labute approximate surface area is 72.8 Å². The smallest absolute Gasteiger partial charge is 0.0140 e. The first-order valence-electron chi connectivity index (χ1n) is 4.76. The van der Waals surface area contributed by atoms with Crippen LogP contribution in [0.3, 0.4) is 0 Å². The van der Waals surface area contributed by atoms with Crippen LogP contribution in [0.15, 0.2) is 0 Å². The van der Waals surface area contributed by atoms with Crippen molar-refractivity contribution in [2.75, 3.05) is 21.1 Å². The summed E-state index contributed by atoms with van der Waals surface area (Å²) >= 11 is 0. The van der Waals surface area contributed by atoms with Crippen molar-refractivity contribution < 1.29 is 0 Å². The lowest BCUT2D eigenvalue weighted by Gasteiger charge is -1.90. The number of nitrogens with zero attached hydrogens (tertiary/aromatic N) is 1. The van der Waals surface area contributed by atoms with Crippen LogP contribution in [-0.4, -0.2) is 26.0 Å². The van der Waals surface area contributed by atoms with Crippen LogP contribution in [0.25, 0.3) is 0 Å². The average Bonchev–Trinajstić information content (AvgIpc) is 1.88. The van der Waals surface area contributed by atoms with Gasteiger partial charge >= 0.3 is 0 Å². The van der Waals surface area contributed by atoms with Gasteiger partial charge in [-0.3, -0.25) is 0 Å². The number of unbranched alkanes of at least 4 members (excludes halogenated alkanes) is 4. The van der Waals surface area contributed by atoms with Gasteiger partial charge in [0.05, 0.1) is 0 Å². The fourth-order valence-electron chi connectivity index (χ4n) is 0.677. The Hall–Kier alpha value is -0.0400. The molecule has 1 heteroatoms. The van der Waals surface area contributed by atoms with Crippen molar-refractivity contribution in [3.8, 4) is 0 Å². The quantitative estimate of drug-likeness (QED) is 0.570. The Morgan fingerprint density at radius 1 is 0.727 bits per heavy atom. The summed E-state index contributed by atoms with van der Waals surface area (Å²) in [6.07, 6.45) is 7.01. The van der Waals surface area contributed by atoms with E-state index in [1.807, 2.05) is 26.0 Å². The minimum atomic E-state index is 1.36. The fraction of sp³-hybridized carbons (Fsp3) is 1.00. The lowest BCUT2D eigenvalue weighted by Crippen LogP contribution is -1.99. The first kappa shape index (κ1) is 13.5. The highest BCUT2D eigenvalue weighted by atomic mass is 15.0. The fourth-order valence-corrected chi connectivity index (χ4v) is 0.677. The minimum absolute atomic E-state index is 1.36. The summed E-state index contributed by atoms with van der Waals surface area (Å²) < 4.78 is 0. The van der Waals surface area contributed by atoms with Crippen molar-refractivity contribution in [3.63, 3.8) is 0 Å². The van der Waals surface area contributed by atoms with Crippen LogP contribution in [0.5, 0.6) is 0 Å². The summed E-state index contributed by atoms with van der Waals surface area (Å²) in [7, 11) is 6.00. The van der Waals surface area contributed by atoms with Gasteiger partial charge in [0, 0.05) is 0 Å². The Morgan fingerprint density at radius 3 is 1.18 bits per heavy atom. The lowest BCUT2D eigenvalue weighted by atomic mass is 10.2. The monoisotopic (exact) mass is 159 g/mol. The molecule has 0 aromatic rings. The Balaban J connectivity index is 0. The third-order valence-electron chi connectivity index (χ3n) is 1.21. The second-order valence-electron chi connectivity index (χ2n) is 3.40. The number of rotatable bonds is 4. The second kappa shape index (κ2) is 12.6. The van der Waals surface area contributed by atoms with E-state index in [0.29, 0.717) is 0 Å². The van der Waals surface area contributed by atoms with E-state index in [2.05, 4.69) is 13.8 Å². The average molecular weight is 159 g/mol. The van der Waals surface area contributed by atoms with Gasteiger partial charge in [0.25, 0.3) is 0 Å². The standard InChI is InChI=1S/C7H16.C3H9N/c1-3-5-7-6-4-2;1-4(2)3/h3-7H2,1-2H3;1-3H3. The summed E-state index contributed by atoms with van der Waals surface area (Å²) in [6.45, 7) is 4.49. The van der Waals surface area contributed by atoms with E-state index in [4.69, 9.17) is 0 Å². The predicted octanol–water partition coefficient (Wildman–Crippen LogP) is 3.15. The van der Waals surface area contributed by atoms with Crippen LogP contribution < -0.4 is 0 Å². The normalized spacial score (nSPS) is 9.27. The largest absolute Gasteiger partial charge is 0.312 e. The van der Waals surface area contributed by atoms with Crippen LogP contribution in [0.1, 0.15) is 46.0 Å². The Kier molecular flexibility index (Phi) is 15.5. The summed E-state index contributed by atoms with van der Waals surface area (Å²) in [6, 6.07) is 0. The van der Waals surface area contributed by atoms with Gasteiger partial charge in [0.15, 0.2) is 0 Å². The molecule has 1 nitrogen and oxygen atoms in total. The Morgan fingerprint density at radius 2 is 1.00 bits per heavy atom. The van der Waals surface area contributed by atoms with Crippen molar-refractivity contribution in [1.82, 2.24) is 4.90 Å². The molecule has 0 saturated carbocycles. The second-order valence-corrected chi connectivity index (χ2v) is 3.40. The van der Waals surface area contributed by atoms with E-state index in [1.165, 1.54) is 32.1 Å². The zero-order chi connectivity index (χ0) is 9.11.